The summed E-state index contributed by atoms with van der Waals surface area (Å²) < 4.78 is 5.13. The maximum absolute atomic E-state index is 11.3. The van der Waals surface area contributed by atoms with Crippen LogP contribution in [0.3, 0.4) is 0 Å². The summed E-state index contributed by atoms with van der Waals surface area (Å²) in [6, 6.07) is 0. The van der Waals surface area contributed by atoms with E-state index >= 15 is 0 Å². The van der Waals surface area contributed by atoms with E-state index < -0.39 is 5.91 Å². The van der Waals surface area contributed by atoms with Gasteiger partial charge in [-0.15, -0.1) is 0 Å². The second-order valence-corrected chi connectivity index (χ2v) is 3.10. The number of rotatable bonds is 3. The third-order valence-electron chi connectivity index (χ3n) is 1.97. The zero-order valence-electron chi connectivity index (χ0n) is 7.41. The molecular weight excluding hydrogens is 172 g/mol. The van der Waals surface area contributed by atoms with E-state index in [2.05, 4.69) is 5.32 Å². The van der Waals surface area contributed by atoms with Crippen molar-refractivity contribution in [1.29, 1.82) is 0 Å². The first-order valence-corrected chi connectivity index (χ1v) is 4.34. The number of carbonyl (C=O) groups excluding carboxylic acids is 2. The van der Waals surface area contributed by atoms with Gasteiger partial charge in [0.25, 0.3) is 0 Å². The Bertz CT molecular complexity index is 200. The Morgan fingerprint density at radius 3 is 2.85 bits per heavy atom. The standard InChI is InChI=1S/C8H14N2O3/c9-7(11)4-10-8(12)6-2-1-3-13-5-6/h6H,1-5H2,(H2,9,11)(H,10,12). The fourth-order valence-electron chi connectivity index (χ4n) is 1.27. The van der Waals surface area contributed by atoms with E-state index in [0.29, 0.717) is 6.61 Å². The second kappa shape index (κ2) is 4.81. The van der Waals surface area contributed by atoms with Gasteiger partial charge in [-0.05, 0) is 12.8 Å². The van der Waals surface area contributed by atoms with E-state index in [9.17, 15) is 9.59 Å². The van der Waals surface area contributed by atoms with Crippen molar-refractivity contribution in [1.82, 2.24) is 5.32 Å². The molecule has 5 nitrogen and oxygen atoms in total. The minimum atomic E-state index is -0.523. The number of nitrogens with one attached hydrogen (secondary N) is 1. The zero-order chi connectivity index (χ0) is 9.68. The van der Waals surface area contributed by atoms with Gasteiger partial charge in [0, 0.05) is 6.61 Å². The molecule has 5 heteroatoms. The molecule has 1 aliphatic rings. The summed E-state index contributed by atoms with van der Waals surface area (Å²) in [6.45, 7) is 1.08. The van der Waals surface area contributed by atoms with Crippen LogP contribution in [-0.4, -0.2) is 31.6 Å². The molecule has 74 valence electrons. The third-order valence-corrected chi connectivity index (χ3v) is 1.97. The van der Waals surface area contributed by atoms with Crippen molar-refractivity contribution in [2.24, 2.45) is 11.7 Å². The highest BCUT2D eigenvalue weighted by Crippen LogP contribution is 2.12. The molecule has 0 aromatic heterocycles. The van der Waals surface area contributed by atoms with Crippen molar-refractivity contribution in [3.8, 4) is 0 Å². The first kappa shape index (κ1) is 9.98. The van der Waals surface area contributed by atoms with Gasteiger partial charge in [0.2, 0.25) is 11.8 Å². The molecule has 0 saturated carbocycles. The van der Waals surface area contributed by atoms with Crippen molar-refractivity contribution < 1.29 is 14.3 Å². The summed E-state index contributed by atoms with van der Waals surface area (Å²) in [4.78, 5) is 21.7. The van der Waals surface area contributed by atoms with Crippen LogP contribution in [0, 0.1) is 5.92 Å². The molecule has 0 aromatic rings. The quantitative estimate of drug-likeness (QED) is 0.594. The summed E-state index contributed by atoms with van der Waals surface area (Å²) >= 11 is 0. The minimum absolute atomic E-state index is 0.0880. The van der Waals surface area contributed by atoms with Gasteiger partial charge in [-0.25, -0.2) is 0 Å². The minimum Gasteiger partial charge on any atom is -0.381 e. The average molecular weight is 186 g/mol. The molecule has 1 unspecified atom stereocenters. The van der Waals surface area contributed by atoms with E-state index in [0.717, 1.165) is 19.4 Å². The number of nitrogens with two attached hydrogens (primary N) is 1. The van der Waals surface area contributed by atoms with Gasteiger partial charge in [0.1, 0.15) is 0 Å². The maximum Gasteiger partial charge on any atom is 0.236 e. The molecule has 1 heterocycles. The van der Waals surface area contributed by atoms with E-state index in [-0.39, 0.29) is 18.4 Å². The topological polar surface area (TPSA) is 81.4 Å². The van der Waals surface area contributed by atoms with Crippen LogP contribution in [-0.2, 0) is 14.3 Å². The highest BCUT2D eigenvalue weighted by molar-refractivity contribution is 5.85. The highest BCUT2D eigenvalue weighted by atomic mass is 16.5. The number of amides is 2. The third kappa shape index (κ3) is 3.42. The van der Waals surface area contributed by atoms with Crippen LogP contribution in [0.2, 0.25) is 0 Å². The molecule has 0 aromatic carbocycles. The van der Waals surface area contributed by atoms with E-state index in [4.69, 9.17) is 10.5 Å². The van der Waals surface area contributed by atoms with Gasteiger partial charge in [-0.1, -0.05) is 0 Å². The molecule has 3 N–H and O–H groups in total. The molecule has 1 atom stereocenters. The monoisotopic (exact) mass is 186 g/mol. The van der Waals surface area contributed by atoms with Crippen LogP contribution in [0.4, 0.5) is 0 Å². The molecule has 0 spiro atoms. The summed E-state index contributed by atoms with van der Waals surface area (Å²) in [5.74, 6) is -0.781. The summed E-state index contributed by atoms with van der Waals surface area (Å²) in [7, 11) is 0. The van der Waals surface area contributed by atoms with Gasteiger partial charge in [0.05, 0.1) is 19.1 Å². The Balaban J connectivity index is 2.25. The van der Waals surface area contributed by atoms with E-state index in [1.165, 1.54) is 0 Å². The van der Waals surface area contributed by atoms with Crippen LogP contribution >= 0.6 is 0 Å². The van der Waals surface area contributed by atoms with Crippen molar-refractivity contribution in [2.75, 3.05) is 19.8 Å². The molecule has 0 bridgehead atoms. The largest absolute Gasteiger partial charge is 0.381 e. The Hall–Kier alpha value is -1.10. The highest BCUT2D eigenvalue weighted by Gasteiger charge is 2.21. The van der Waals surface area contributed by atoms with Crippen LogP contribution in [0.25, 0.3) is 0 Å². The van der Waals surface area contributed by atoms with Crippen molar-refractivity contribution in [2.45, 2.75) is 12.8 Å². The maximum atomic E-state index is 11.3. The number of primary amides is 1. The lowest BCUT2D eigenvalue weighted by molar-refractivity contribution is -0.131. The van der Waals surface area contributed by atoms with Crippen LogP contribution in [0.5, 0.6) is 0 Å². The van der Waals surface area contributed by atoms with Crippen LogP contribution < -0.4 is 11.1 Å². The average Bonchev–Trinajstić information content (AvgIpc) is 2.15. The Labute approximate surface area is 76.6 Å². The lowest BCUT2D eigenvalue weighted by Crippen LogP contribution is -2.39. The molecule has 1 aliphatic heterocycles. The number of hydrogen-bond acceptors (Lipinski definition) is 3. The predicted octanol–water partition coefficient (Wildman–Crippen LogP) is -0.986. The number of hydrogen-bond donors (Lipinski definition) is 2. The van der Waals surface area contributed by atoms with Gasteiger partial charge < -0.3 is 15.8 Å². The van der Waals surface area contributed by atoms with Crippen molar-refractivity contribution in [3.63, 3.8) is 0 Å². The molecular formula is C8H14N2O3. The summed E-state index contributed by atoms with van der Waals surface area (Å²) in [5, 5.41) is 2.46. The van der Waals surface area contributed by atoms with Crippen molar-refractivity contribution >= 4 is 11.8 Å². The van der Waals surface area contributed by atoms with Gasteiger partial charge in [0.15, 0.2) is 0 Å². The lowest BCUT2D eigenvalue weighted by Gasteiger charge is -2.20. The fraction of sp³-hybridized carbons (Fsp3) is 0.750. The first-order chi connectivity index (χ1) is 6.20. The Morgan fingerprint density at radius 2 is 2.31 bits per heavy atom. The number of ether oxygens (including phenoxy) is 1. The summed E-state index contributed by atoms with van der Waals surface area (Å²) in [6.07, 6.45) is 1.72. The van der Waals surface area contributed by atoms with Gasteiger partial charge in [-0.3, -0.25) is 9.59 Å². The SMILES string of the molecule is NC(=O)CNC(=O)C1CCCOC1. The number of carbonyl (C=O) groups is 2. The molecule has 0 radical (unpaired) electrons. The van der Waals surface area contributed by atoms with Gasteiger partial charge >= 0.3 is 0 Å². The first-order valence-electron chi connectivity index (χ1n) is 4.34. The van der Waals surface area contributed by atoms with Crippen LogP contribution in [0.15, 0.2) is 0 Å². The molecule has 1 fully saturated rings. The van der Waals surface area contributed by atoms with Crippen LogP contribution in [0.1, 0.15) is 12.8 Å². The molecule has 0 aliphatic carbocycles. The molecule has 2 amide bonds. The smallest absolute Gasteiger partial charge is 0.236 e. The Morgan fingerprint density at radius 1 is 1.54 bits per heavy atom. The zero-order valence-corrected chi connectivity index (χ0v) is 7.41. The van der Waals surface area contributed by atoms with Crippen molar-refractivity contribution in [3.05, 3.63) is 0 Å². The van der Waals surface area contributed by atoms with E-state index in [1.54, 1.807) is 0 Å². The predicted molar refractivity (Wildman–Crippen MR) is 45.7 cm³/mol. The molecule has 13 heavy (non-hydrogen) atoms. The molecule has 1 rings (SSSR count). The Kier molecular flexibility index (Phi) is 3.70. The second-order valence-electron chi connectivity index (χ2n) is 3.10. The molecule has 1 saturated heterocycles. The van der Waals surface area contributed by atoms with E-state index in [1.807, 2.05) is 0 Å². The fourth-order valence-corrected chi connectivity index (χ4v) is 1.27. The summed E-state index contributed by atoms with van der Waals surface area (Å²) in [5.41, 5.74) is 4.89. The normalized spacial score (nSPS) is 22.3. The lowest BCUT2D eigenvalue weighted by atomic mass is 10.0. The van der Waals surface area contributed by atoms with Gasteiger partial charge in [-0.2, -0.15) is 0 Å².